The van der Waals surface area contributed by atoms with Gasteiger partial charge in [-0.25, -0.2) is 4.98 Å². The zero-order valence-corrected chi connectivity index (χ0v) is 13.0. The van der Waals surface area contributed by atoms with E-state index in [0.29, 0.717) is 11.1 Å². The minimum Gasteiger partial charge on any atom is -0.382 e. The smallest absolute Gasteiger partial charge is 0.149 e. The van der Waals surface area contributed by atoms with Crippen LogP contribution in [0.4, 0.5) is 10.8 Å². The standard InChI is InChI=1S/C11H16N4S3/c1-6-5-17-11(14-6)8-9(12)15-18-10(8)13-4-7(2)16-3/h5,7,13H,4H2,1-3H3,(H2,12,15). The van der Waals surface area contributed by atoms with Gasteiger partial charge >= 0.3 is 0 Å². The van der Waals surface area contributed by atoms with Gasteiger partial charge in [0.25, 0.3) is 0 Å². The van der Waals surface area contributed by atoms with Gasteiger partial charge in [0.2, 0.25) is 0 Å². The van der Waals surface area contributed by atoms with Crippen molar-refractivity contribution in [1.29, 1.82) is 0 Å². The molecular weight excluding hydrogens is 284 g/mol. The molecule has 1 unspecified atom stereocenters. The average Bonchev–Trinajstić information content (AvgIpc) is 2.92. The number of aryl methyl sites for hydroxylation is 1. The normalized spacial score (nSPS) is 12.6. The van der Waals surface area contributed by atoms with E-state index in [-0.39, 0.29) is 0 Å². The molecule has 98 valence electrons. The summed E-state index contributed by atoms with van der Waals surface area (Å²) >= 11 is 4.84. The third-order valence-corrected chi connectivity index (χ3v) is 5.27. The Labute approximate surface area is 119 Å². The zero-order valence-electron chi connectivity index (χ0n) is 10.6. The number of hydrogen-bond donors (Lipinski definition) is 2. The van der Waals surface area contributed by atoms with Crippen LogP contribution in [0.25, 0.3) is 10.6 Å². The van der Waals surface area contributed by atoms with Crippen LogP contribution in [0.2, 0.25) is 0 Å². The van der Waals surface area contributed by atoms with Crippen molar-refractivity contribution in [2.75, 3.05) is 23.9 Å². The molecule has 0 aliphatic carbocycles. The SMILES string of the molecule is CSC(C)CNc1snc(N)c1-c1nc(C)cs1. The van der Waals surface area contributed by atoms with Crippen LogP contribution in [-0.4, -0.2) is 27.4 Å². The topological polar surface area (TPSA) is 63.8 Å². The van der Waals surface area contributed by atoms with Crippen molar-refractivity contribution in [3.63, 3.8) is 0 Å². The van der Waals surface area contributed by atoms with E-state index in [2.05, 4.69) is 27.9 Å². The summed E-state index contributed by atoms with van der Waals surface area (Å²) in [5.41, 5.74) is 7.91. The highest BCUT2D eigenvalue weighted by atomic mass is 32.2. The Morgan fingerprint density at radius 2 is 2.33 bits per heavy atom. The number of hydrogen-bond acceptors (Lipinski definition) is 7. The van der Waals surface area contributed by atoms with Crippen molar-refractivity contribution < 1.29 is 0 Å². The fourth-order valence-electron chi connectivity index (χ4n) is 1.42. The molecule has 0 aromatic carbocycles. The van der Waals surface area contributed by atoms with Crippen molar-refractivity contribution >= 4 is 45.5 Å². The summed E-state index contributed by atoms with van der Waals surface area (Å²) in [6, 6.07) is 0. The quantitative estimate of drug-likeness (QED) is 0.887. The van der Waals surface area contributed by atoms with Crippen molar-refractivity contribution in [3.8, 4) is 10.6 Å². The zero-order chi connectivity index (χ0) is 13.1. The molecule has 0 saturated carbocycles. The number of nitrogens with zero attached hydrogens (tertiary/aromatic N) is 2. The molecule has 1 atom stereocenters. The second kappa shape index (κ2) is 5.90. The summed E-state index contributed by atoms with van der Waals surface area (Å²) in [6.07, 6.45) is 2.11. The van der Waals surface area contributed by atoms with Crippen molar-refractivity contribution in [1.82, 2.24) is 9.36 Å². The lowest BCUT2D eigenvalue weighted by molar-refractivity contribution is 1.01. The van der Waals surface area contributed by atoms with Gasteiger partial charge in [0.05, 0.1) is 5.56 Å². The first kappa shape index (κ1) is 13.6. The third-order valence-electron chi connectivity index (χ3n) is 2.50. The van der Waals surface area contributed by atoms with Crippen LogP contribution in [0.1, 0.15) is 12.6 Å². The Morgan fingerprint density at radius 1 is 1.56 bits per heavy atom. The molecular formula is C11H16N4S3. The van der Waals surface area contributed by atoms with Crippen LogP contribution in [-0.2, 0) is 0 Å². The number of nitrogens with two attached hydrogens (primary N) is 1. The third kappa shape index (κ3) is 2.96. The Balaban J connectivity index is 2.22. The van der Waals surface area contributed by atoms with Crippen LogP contribution in [0.3, 0.4) is 0 Å². The van der Waals surface area contributed by atoms with E-state index < -0.39 is 0 Å². The predicted molar refractivity (Wildman–Crippen MR) is 83.8 cm³/mol. The van der Waals surface area contributed by atoms with Gasteiger partial charge < -0.3 is 11.1 Å². The molecule has 3 N–H and O–H groups in total. The lowest BCUT2D eigenvalue weighted by atomic mass is 10.3. The Bertz CT molecular complexity index is 520. The highest BCUT2D eigenvalue weighted by molar-refractivity contribution is 7.99. The van der Waals surface area contributed by atoms with Crippen LogP contribution in [0, 0.1) is 6.92 Å². The first-order chi connectivity index (χ1) is 8.61. The number of thioether (sulfide) groups is 1. The monoisotopic (exact) mass is 300 g/mol. The van der Waals surface area contributed by atoms with E-state index in [1.807, 2.05) is 24.1 Å². The molecule has 2 aromatic heterocycles. The van der Waals surface area contributed by atoms with Gasteiger partial charge in [-0.2, -0.15) is 16.1 Å². The van der Waals surface area contributed by atoms with Crippen LogP contribution in [0.5, 0.6) is 0 Å². The van der Waals surface area contributed by atoms with Gasteiger partial charge in [0, 0.05) is 22.9 Å². The van der Waals surface area contributed by atoms with E-state index in [4.69, 9.17) is 5.73 Å². The van der Waals surface area contributed by atoms with E-state index in [9.17, 15) is 0 Å². The molecule has 2 aromatic rings. The van der Waals surface area contributed by atoms with Crippen molar-refractivity contribution in [2.45, 2.75) is 19.1 Å². The first-order valence-electron chi connectivity index (χ1n) is 5.56. The highest BCUT2D eigenvalue weighted by Gasteiger charge is 2.16. The van der Waals surface area contributed by atoms with Gasteiger partial charge in [-0.05, 0) is 24.7 Å². The maximum Gasteiger partial charge on any atom is 0.149 e. The van der Waals surface area contributed by atoms with E-state index >= 15 is 0 Å². The predicted octanol–water partition coefficient (Wildman–Crippen LogP) is 3.32. The molecule has 0 bridgehead atoms. The molecule has 0 aliphatic heterocycles. The highest BCUT2D eigenvalue weighted by Crippen LogP contribution is 2.38. The van der Waals surface area contributed by atoms with Gasteiger partial charge in [0.1, 0.15) is 15.8 Å². The molecule has 2 heterocycles. The minimum atomic E-state index is 0.555. The van der Waals surface area contributed by atoms with E-state index in [0.717, 1.165) is 27.8 Å². The summed E-state index contributed by atoms with van der Waals surface area (Å²) < 4.78 is 4.22. The fourth-order valence-corrected chi connectivity index (χ4v) is 3.31. The van der Waals surface area contributed by atoms with Crippen LogP contribution >= 0.6 is 34.6 Å². The maximum absolute atomic E-state index is 5.94. The molecule has 0 fully saturated rings. The summed E-state index contributed by atoms with van der Waals surface area (Å²) in [6.45, 7) is 5.08. The molecule has 7 heteroatoms. The molecule has 0 spiro atoms. The number of nitrogens with one attached hydrogen (secondary N) is 1. The van der Waals surface area contributed by atoms with Gasteiger partial charge in [0.15, 0.2) is 0 Å². The molecule has 18 heavy (non-hydrogen) atoms. The summed E-state index contributed by atoms with van der Waals surface area (Å²) in [5.74, 6) is 0.564. The van der Waals surface area contributed by atoms with Crippen molar-refractivity contribution in [3.05, 3.63) is 11.1 Å². The van der Waals surface area contributed by atoms with Gasteiger partial charge in [-0.15, -0.1) is 11.3 Å². The number of nitrogen functional groups attached to an aromatic ring is 1. The Hall–Kier alpha value is -0.790. The fraction of sp³-hybridized carbons (Fsp3) is 0.455. The maximum atomic E-state index is 5.94. The summed E-state index contributed by atoms with van der Waals surface area (Å²) in [7, 11) is 0. The number of thiazole rings is 1. The Kier molecular flexibility index (Phi) is 4.47. The van der Waals surface area contributed by atoms with E-state index in [1.165, 1.54) is 11.5 Å². The summed E-state index contributed by atoms with van der Waals surface area (Å²) in [5, 5.41) is 7.96. The molecule has 0 amide bonds. The minimum absolute atomic E-state index is 0.555. The largest absolute Gasteiger partial charge is 0.382 e. The Morgan fingerprint density at radius 3 is 2.94 bits per heavy atom. The van der Waals surface area contributed by atoms with Crippen molar-refractivity contribution in [2.24, 2.45) is 0 Å². The summed E-state index contributed by atoms with van der Waals surface area (Å²) in [4.78, 5) is 4.48. The lowest BCUT2D eigenvalue weighted by Gasteiger charge is -2.10. The van der Waals surface area contributed by atoms with Gasteiger partial charge in [-0.1, -0.05) is 6.92 Å². The number of aromatic nitrogens is 2. The first-order valence-corrected chi connectivity index (χ1v) is 8.50. The van der Waals surface area contributed by atoms with E-state index in [1.54, 1.807) is 11.3 Å². The average molecular weight is 300 g/mol. The second-order valence-corrected chi connectivity index (χ2v) is 6.90. The lowest BCUT2D eigenvalue weighted by Crippen LogP contribution is -2.12. The van der Waals surface area contributed by atoms with Gasteiger partial charge in [-0.3, -0.25) is 0 Å². The van der Waals surface area contributed by atoms with Crippen LogP contribution in [0.15, 0.2) is 5.38 Å². The second-order valence-electron chi connectivity index (χ2n) is 3.99. The molecule has 2 rings (SSSR count). The molecule has 0 saturated heterocycles. The number of rotatable bonds is 5. The molecule has 4 nitrogen and oxygen atoms in total. The molecule has 0 aliphatic rings. The molecule has 0 radical (unpaired) electrons. The number of anilines is 2. The van der Waals surface area contributed by atoms with Crippen LogP contribution < -0.4 is 11.1 Å².